The highest BCUT2D eigenvalue weighted by Crippen LogP contribution is 2.32. The van der Waals surface area contributed by atoms with Crippen molar-refractivity contribution in [3.8, 4) is 11.9 Å². The first-order valence-electron chi connectivity index (χ1n) is 7.82. The fourth-order valence-electron chi connectivity index (χ4n) is 3.02. The number of hydrogen-bond acceptors (Lipinski definition) is 4. The highest BCUT2D eigenvalue weighted by molar-refractivity contribution is 6.30. The molecule has 124 valence electrons. The molecule has 0 unspecified atom stereocenters. The van der Waals surface area contributed by atoms with E-state index in [1.54, 1.807) is 24.3 Å². The molecule has 1 fully saturated rings. The Hall–Kier alpha value is -2.16. The van der Waals surface area contributed by atoms with Gasteiger partial charge in [-0.1, -0.05) is 17.7 Å². The number of nitriles is 1. The van der Waals surface area contributed by atoms with Gasteiger partial charge in [0.05, 0.1) is 17.2 Å². The fourth-order valence-corrected chi connectivity index (χ4v) is 3.21. The summed E-state index contributed by atoms with van der Waals surface area (Å²) in [6, 6.07) is 10.3. The van der Waals surface area contributed by atoms with Gasteiger partial charge in [-0.05, 0) is 42.6 Å². The molecule has 1 aromatic carbocycles. The monoisotopic (exact) mass is 345 g/mol. The molecule has 0 radical (unpaired) electrons. The van der Waals surface area contributed by atoms with Crippen LogP contribution in [0.5, 0.6) is 5.88 Å². The fraction of sp³-hybridized carbons (Fsp3) is 0.333. The summed E-state index contributed by atoms with van der Waals surface area (Å²) in [4.78, 5) is 4.09. The van der Waals surface area contributed by atoms with Crippen molar-refractivity contribution in [1.82, 2.24) is 10.3 Å². The molecule has 1 aromatic heterocycles. The zero-order valence-electron chi connectivity index (χ0n) is 13.0. The van der Waals surface area contributed by atoms with E-state index in [-0.39, 0.29) is 5.02 Å². The van der Waals surface area contributed by atoms with E-state index in [9.17, 15) is 4.39 Å². The van der Waals surface area contributed by atoms with Crippen molar-refractivity contribution in [3.63, 3.8) is 0 Å². The van der Waals surface area contributed by atoms with Gasteiger partial charge in [0.1, 0.15) is 11.9 Å². The second kappa shape index (κ2) is 7.61. The molecule has 0 bridgehead atoms. The summed E-state index contributed by atoms with van der Waals surface area (Å²) in [7, 11) is 0. The SMILES string of the molecule is N#Cc1ccc(OCC[C@H]2CNC[C@@H]2c2ccc(F)c(Cl)c2)nc1. The highest BCUT2D eigenvalue weighted by Gasteiger charge is 2.28. The van der Waals surface area contributed by atoms with E-state index in [0.717, 1.165) is 25.1 Å². The largest absolute Gasteiger partial charge is 0.478 e. The molecule has 2 heterocycles. The number of pyridine rings is 1. The third-order valence-corrected chi connectivity index (χ3v) is 4.61. The number of nitrogens with one attached hydrogen (secondary N) is 1. The summed E-state index contributed by atoms with van der Waals surface area (Å²) in [6.07, 6.45) is 2.35. The third kappa shape index (κ3) is 3.84. The average Bonchev–Trinajstić information content (AvgIpc) is 3.06. The number of benzene rings is 1. The Morgan fingerprint density at radius 2 is 2.21 bits per heavy atom. The van der Waals surface area contributed by atoms with Crippen LogP contribution >= 0.6 is 11.6 Å². The molecule has 0 amide bonds. The molecule has 0 aliphatic carbocycles. The van der Waals surface area contributed by atoms with Crippen molar-refractivity contribution in [3.05, 3.63) is 58.5 Å². The summed E-state index contributed by atoms with van der Waals surface area (Å²) in [5.74, 6) is 0.810. The van der Waals surface area contributed by atoms with Gasteiger partial charge < -0.3 is 10.1 Å². The molecule has 3 rings (SSSR count). The van der Waals surface area contributed by atoms with E-state index in [4.69, 9.17) is 21.6 Å². The first-order valence-corrected chi connectivity index (χ1v) is 8.20. The van der Waals surface area contributed by atoms with Crippen LogP contribution in [-0.2, 0) is 0 Å². The van der Waals surface area contributed by atoms with E-state index >= 15 is 0 Å². The lowest BCUT2D eigenvalue weighted by Crippen LogP contribution is -2.15. The highest BCUT2D eigenvalue weighted by atomic mass is 35.5. The minimum absolute atomic E-state index is 0.163. The van der Waals surface area contributed by atoms with Gasteiger partial charge in [0, 0.05) is 24.7 Å². The lowest BCUT2D eigenvalue weighted by atomic mass is 9.87. The van der Waals surface area contributed by atoms with Crippen molar-refractivity contribution in [2.24, 2.45) is 5.92 Å². The van der Waals surface area contributed by atoms with Gasteiger partial charge >= 0.3 is 0 Å². The van der Waals surface area contributed by atoms with Crippen LogP contribution in [0.2, 0.25) is 5.02 Å². The maximum absolute atomic E-state index is 13.3. The van der Waals surface area contributed by atoms with Crippen LogP contribution in [0.15, 0.2) is 36.5 Å². The van der Waals surface area contributed by atoms with Gasteiger partial charge in [0.2, 0.25) is 5.88 Å². The number of halogens is 2. The van der Waals surface area contributed by atoms with E-state index in [0.29, 0.717) is 29.9 Å². The van der Waals surface area contributed by atoms with E-state index in [1.807, 2.05) is 6.07 Å². The number of hydrogen-bond donors (Lipinski definition) is 1. The van der Waals surface area contributed by atoms with Crippen molar-refractivity contribution in [2.75, 3.05) is 19.7 Å². The van der Waals surface area contributed by atoms with Crippen LogP contribution in [0.25, 0.3) is 0 Å². The standard InChI is InChI=1S/C18H17ClFN3O/c19-16-7-13(2-3-17(16)20)15-11-22-10-14(15)5-6-24-18-4-1-12(8-21)9-23-18/h1-4,7,9,14-15,22H,5-6,10-11H2/t14-,15+/m0/s1. The van der Waals surface area contributed by atoms with E-state index in [1.165, 1.54) is 12.3 Å². The molecule has 1 aliphatic rings. The maximum Gasteiger partial charge on any atom is 0.213 e. The summed E-state index contributed by atoms with van der Waals surface area (Å²) < 4.78 is 19.0. The van der Waals surface area contributed by atoms with Gasteiger partial charge in [-0.25, -0.2) is 9.37 Å². The Morgan fingerprint density at radius 1 is 1.33 bits per heavy atom. The molecule has 4 nitrogen and oxygen atoms in total. The Balaban J connectivity index is 1.57. The Bertz CT molecular complexity index is 745. The van der Waals surface area contributed by atoms with Gasteiger partial charge in [-0.2, -0.15) is 5.26 Å². The molecule has 2 aromatic rings. The van der Waals surface area contributed by atoms with Crippen LogP contribution < -0.4 is 10.1 Å². The summed E-state index contributed by atoms with van der Waals surface area (Å²) in [5, 5.41) is 12.3. The third-order valence-electron chi connectivity index (χ3n) is 4.32. The van der Waals surface area contributed by atoms with Gasteiger partial charge in [-0.15, -0.1) is 0 Å². The van der Waals surface area contributed by atoms with E-state index < -0.39 is 5.82 Å². The Kier molecular flexibility index (Phi) is 5.29. The first-order chi connectivity index (χ1) is 11.7. The zero-order valence-corrected chi connectivity index (χ0v) is 13.8. The molecule has 1 aliphatic heterocycles. The molecular weight excluding hydrogens is 329 g/mol. The molecule has 6 heteroatoms. The molecular formula is C18H17ClFN3O. The predicted octanol–water partition coefficient (Wildman–Crippen LogP) is 3.52. The Morgan fingerprint density at radius 3 is 2.92 bits per heavy atom. The minimum atomic E-state index is -0.391. The number of aromatic nitrogens is 1. The predicted molar refractivity (Wildman–Crippen MR) is 89.6 cm³/mol. The lowest BCUT2D eigenvalue weighted by molar-refractivity contribution is 0.267. The van der Waals surface area contributed by atoms with Gasteiger partial charge in [0.15, 0.2) is 0 Å². The normalized spacial score (nSPS) is 19.9. The van der Waals surface area contributed by atoms with Crippen LogP contribution in [-0.4, -0.2) is 24.7 Å². The Labute approximate surface area is 145 Å². The van der Waals surface area contributed by atoms with Crippen LogP contribution in [0.3, 0.4) is 0 Å². The van der Waals surface area contributed by atoms with Crippen LogP contribution in [0.1, 0.15) is 23.5 Å². The van der Waals surface area contributed by atoms with Gasteiger partial charge in [0.25, 0.3) is 0 Å². The van der Waals surface area contributed by atoms with Crippen LogP contribution in [0, 0.1) is 23.1 Å². The molecule has 0 saturated carbocycles. The van der Waals surface area contributed by atoms with Crippen molar-refractivity contribution < 1.29 is 9.13 Å². The second-order valence-electron chi connectivity index (χ2n) is 5.83. The molecule has 2 atom stereocenters. The molecule has 24 heavy (non-hydrogen) atoms. The maximum atomic E-state index is 13.3. The quantitative estimate of drug-likeness (QED) is 0.900. The zero-order chi connectivity index (χ0) is 16.9. The summed E-state index contributed by atoms with van der Waals surface area (Å²) in [5.41, 5.74) is 1.56. The van der Waals surface area contributed by atoms with Crippen molar-refractivity contribution in [1.29, 1.82) is 5.26 Å². The second-order valence-corrected chi connectivity index (χ2v) is 6.24. The summed E-state index contributed by atoms with van der Waals surface area (Å²) in [6.45, 7) is 2.28. The topological polar surface area (TPSA) is 57.9 Å². The molecule has 1 N–H and O–H groups in total. The van der Waals surface area contributed by atoms with E-state index in [2.05, 4.69) is 10.3 Å². The number of ether oxygens (including phenoxy) is 1. The van der Waals surface area contributed by atoms with Gasteiger partial charge in [-0.3, -0.25) is 0 Å². The number of nitrogens with zero attached hydrogens (tertiary/aromatic N) is 2. The number of rotatable bonds is 5. The van der Waals surface area contributed by atoms with Crippen molar-refractivity contribution in [2.45, 2.75) is 12.3 Å². The summed E-state index contributed by atoms with van der Waals surface area (Å²) >= 11 is 5.90. The van der Waals surface area contributed by atoms with Crippen molar-refractivity contribution >= 4 is 11.6 Å². The smallest absolute Gasteiger partial charge is 0.213 e. The minimum Gasteiger partial charge on any atom is -0.478 e. The van der Waals surface area contributed by atoms with Crippen LogP contribution in [0.4, 0.5) is 4.39 Å². The molecule has 1 saturated heterocycles. The molecule has 0 spiro atoms. The lowest BCUT2D eigenvalue weighted by Gasteiger charge is -2.19. The first kappa shape index (κ1) is 16.7. The average molecular weight is 346 g/mol.